The summed E-state index contributed by atoms with van der Waals surface area (Å²) in [6, 6.07) is 4.30. The average Bonchev–Trinajstić information content (AvgIpc) is 3.07. The van der Waals surface area contributed by atoms with Crippen molar-refractivity contribution < 1.29 is 24.6 Å². The van der Waals surface area contributed by atoms with Gasteiger partial charge in [0.1, 0.15) is 0 Å². The van der Waals surface area contributed by atoms with Gasteiger partial charge in [-0.3, -0.25) is 14.4 Å². The van der Waals surface area contributed by atoms with Crippen LogP contribution in [0.3, 0.4) is 0 Å². The summed E-state index contributed by atoms with van der Waals surface area (Å²) in [7, 11) is 4.05. The summed E-state index contributed by atoms with van der Waals surface area (Å²) in [5, 5.41) is 13.8. The molecular formula is C22H34N4O5. The van der Waals surface area contributed by atoms with Gasteiger partial charge in [-0.05, 0) is 58.5 Å². The molecule has 3 N–H and O–H groups in total. The number of hydrogen-bond acceptors (Lipinski definition) is 5. The smallest absolute Gasteiger partial charge is 0.290 e. The molecule has 0 unspecified atom stereocenters. The van der Waals surface area contributed by atoms with Gasteiger partial charge in [-0.25, -0.2) is 4.98 Å². The number of benzene rings is 1. The summed E-state index contributed by atoms with van der Waals surface area (Å²) in [4.78, 5) is 41.2. The Morgan fingerprint density at radius 2 is 1.55 bits per heavy atom. The molecule has 0 radical (unpaired) electrons. The summed E-state index contributed by atoms with van der Waals surface area (Å²) in [5.41, 5.74) is 6.71. The van der Waals surface area contributed by atoms with Crippen LogP contribution in [0.4, 0.5) is 0 Å². The topological polar surface area (TPSA) is 127 Å². The van der Waals surface area contributed by atoms with Gasteiger partial charge in [0, 0.05) is 18.8 Å². The normalized spacial score (nSPS) is 9.77. The van der Waals surface area contributed by atoms with Crippen molar-refractivity contribution in [2.75, 3.05) is 27.2 Å². The van der Waals surface area contributed by atoms with E-state index in [9.17, 15) is 4.79 Å². The zero-order valence-electron chi connectivity index (χ0n) is 19.2. The van der Waals surface area contributed by atoms with E-state index in [0.29, 0.717) is 19.5 Å². The molecule has 1 aromatic carbocycles. The highest BCUT2D eigenvalue weighted by atomic mass is 16.3. The maximum Gasteiger partial charge on any atom is 0.290 e. The second-order valence-corrected chi connectivity index (χ2v) is 7.36. The van der Waals surface area contributed by atoms with Crippen LogP contribution in [0.1, 0.15) is 33.6 Å². The van der Waals surface area contributed by atoms with Gasteiger partial charge in [0.05, 0.1) is 25.0 Å². The first kappa shape index (κ1) is 27.8. The molecule has 0 spiro atoms. The molecular weight excluding hydrogens is 400 g/mol. The number of amides is 1. The number of hydrogen-bond donors (Lipinski definition) is 3. The fourth-order valence-electron chi connectivity index (χ4n) is 3.09. The Labute approximate surface area is 183 Å². The minimum absolute atomic E-state index is 0.152. The minimum atomic E-state index is -0.250. The van der Waals surface area contributed by atoms with Crippen molar-refractivity contribution in [1.29, 1.82) is 0 Å². The van der Waals surface area contributed by atoms with E-state index in [1.165, 1.54) is 16.7 Å². The largest absolute Gasteiger partial charge is 0.483 e. The van der Waals surface area contributed by atoms with Gasteiger partial charge < -0.3 is 25.0 Å². The van der Waals surface area contributed by atoms with E-state index in [2.05, 4.69) is 47.8 Å². The van der Waals surface area contributed by atoms with Crippen molar-refractivity contribution in [2.45, 2.75) is 40.7 Å². The molecule has 9 heteroatoms. The van der Waals surface area contributed by atoms with E-state index in [1.807, 2.05) is 25.9 Å². The van der Waals surface area contributed by atoms with Crippen molar-refractivity contribution in [3.8, 4) is 0 Å². The molecule has 2 aromatic rings. The Morgan fingerprint density at radius 3 is 1.97 bits per heavy atom. The fraction of sp³-hybridized carbons (Fsp3) is 0.455. The standard InChI is InChI=1S/C20H30N4O.2CH2O2/c1-14-9-15(2)18(16(3)10-14)11-20(25)24(8-7-23(5)6)12-19-17(4)21-13-22-19;2*2-1-3/h9-10,13H,7-8,11-12H2,1-6H3,(H,21,22);2*1H,(H,2,3). The number of aryl methyl sites for hydroxylation is 4. The third kappa shape index (κ3) is 10.4. The predicted octanol–water partition coefficient (Wildman–Crippen LogP) is 2.18. The van der Waals surface area contributed by atoms with Crippen LogP contribution in [0.15, 0.2) is 18.5 Å². The zero-order valence-corrected chi connectivity index (χ0v) is 19.2. The fourth-order valence-corrected chi connectivity index (χ4v) is 3.09. The van der Waals surface area contributed by atoms with Gasteiger partial charge in [0.2, 0.25) is 5.91 Å². The van der Waals surface area contributed by atoms with Crippen LogP contribution in [-0.4, -0.2) is 76.0 Å². The lowest BCUT2D eigenvalue weighted by Gasteiger charge is -2.25. The second-order valence-electron chi connectivity index (χ2n) is 7.36. The van der Waals surface area contributed by atoms with Crippen molar-refractivity contribution in [3.63, 3.8) is 0 Å². The number of carboxylic acid groups (broad SMARTS) is 2. The molecule has 0 aliphatic carbocycles. The van der Waals surface area contributed by atoms with E-state index in [-0.39, 0.29) is 18.9 Å². The highest BCUT2D eigenvalue weighted by Crippen LogP contribution is 2.18. The number of carbonyl (C=O) groups is 3. The van der Waals surface area contributed by atoms with Crippen LogP contribution >= 0.6 is 0 Å². The van der Waals surface area contributed by atoms with Crippen molar-refractivity contribution in [1.82, 2.24) is 19.8 Å². The second kappa shape index (κ2) is 14.7. The molecule has 0 saturated carbocycles. The van der Waals surface area contributed by atoms with E-state index < -0.39 is 0 Å². The number of nitrogens with one attached hydrogen (secondary N) is 1. The van der Waals surface area contributed by atoms with Crippen LogP contribution in [-0.2, 0) is 27.3 Å². The summed E-state index contributed by atoms with van der Waals surface area (Å²) in [6.07, 6.45) is 2.13. The molecule has 0 aliphatic heterocycles. The molecule has 9 nitrogen and oxygen atoms in total. The number of nitrogens with zero attached hydrogens (tertiary/aromatic N) is 3. The molecule has 2 rings (SSSR count). The first-order chi connectivity index (χ1) is 14.6. The number of likely N-dealkylation sites (N-methyl/N-ethyl adjacent to an activating group) is 1. The van der Waals surface area contributed by atoms with E-state index in [1.54, 1.807) is 6.33 Å². The molecule has 31 heavy (non-hydrogen) atoms. The molecule has 0 bridgehead atoms. The SMILES string of the molecule is Cc1cc(C)c(CC(=O)N(CCN(C)C)Cc2nc[nH]c2C)c(C)c1.O=CO.O=CO. The molecule has 1 aromatic heterocycles. The van der Waals surface area contributed by atoms with Gasteiger partial charge in [0.15, 0.2) is 0 Å². The predicted molar refractivity (Wildman–Crippen MR) is 119 cm³/mol. The average molecular weight is 435 g/mol. The molecule has 0 atom stereocenters. The van der Waals surface area contributed by atoms with Crippen molar-refractivity contribution in [2.24, 2.45) is 0 Å². The number of rotatable bonds is 7. The summed E-state index contributed by atoms with van der Waals surface area (Å²) < 4.78 is 0. The summed E-state index contributed by atoms with van der Waals surface area (Å²) in [5.74, 6) is 0.152. The monoisotopic (exact) mass is 434 g/mol. The maximum atomic E-state index is 13.0. The number of aromatic amines is 1. The number of aromatic nitrogens is 2. The van der Waals surface area contributed by atoms with Gasteiger partial charge >= 0.3 is 0 Å². The van der Waals surface area contributed by atoms with Gasteiger partial charge in [-0.1, -0.05) is 17.7 Å². The van der Waals surface area contributed by atoms with Gasteiger partial charge in [0.25, 0.3) is 12.9 Å². The zero-order chi connectivity index (χ0) is 24.0. The van der Waals surface area contributed by atoms with Gasteiger partial charge in [-0.2, -0.15) is 0 Å². The Morgan fingerprint density at radius 1 is 1.03 bits per heavy atom. The lowest BCUT2D eigenvalue weighted by molar-refractivity contribution is -0.131. The maximum absolute atomic E-state index is 13.0. The molecule has 1 heterocycles. The quantitative estimate of drug-likeness (QED) is 0.570. The molecule has 0 saturated heterocycles. The first-order valence-electron chi connectivity index (χ1n) is 9.74. The molecule has 172 valence electrons. The third-order valence-corrected chi connectivity index (χ3v) is 4.61. The van der Waals surface area contributed by atoms with Gasteiger partial charge in [-0.15, -0.1) is 0 Å². The Kier molecular flexibility index (Phi) is 13.2. The highest BCUT2D eigenvalue weighted by molar-refractivity contribution is 5.79. The number of imidazole rings is 1. The number of carbonyl (C=O) groups excluding carboxylic acids is 1. The van der Waals surface area contributed by atoms with E-state index in [0.717, 1.165) is 23.5 Å². The highest BCUT2D eigenvalue weighted by Gasteiger charge is 2.18. The van der Waals surface area contributed by atoms with Crippen molar-refractivity contribution >= 4 is 18.9 Å². The van der Waals surface area contributed by atoms with Crippen LogP contribution < -0.4 is 0 Å². The Balaban J connectivity index is 0.00000134. The van der Waals surface area contributed by atoms with Crippen molar-refractivity contribution in [3.05, 3.63) is 52.1 Å². The lowest BCUT2D eigenvalue weighted by Crippen LogP contribution is -2.37. The van der Waals surface area contributed by atoms with E-state index >= 15 is 0 Å². The van der Waals surface area contributed by atoms with Crippen LogP contribution in [0.2, 0.25) is 0 Å². The third-order valence-electron chi connectivity index (χ3n) is 4.61. The molecule has 1 amide bonds. The Bertz CT molecular complexity index is 804. The summed E-state index contributed by atoms with van der Waals surface area (Å²) in [6.45, 7) is 9.84. The van der Waals surface area contributed by atoms with Crippen LogP contribution in [0, 0.1) is 27.7 Å². The summed E-state index contributed by atoms with van der Waals surface area (Å²) >= 11 is 0. The molecule has 0 aliphatic rings. The first-order valence-corrected chi connectivity index (χ1v) is 9.74. The lowest BCUT2D eigenvalue weighted by atomic mass is 9.97. The van der Waals surface area contributed by atoms with Crippen LogP contribution in [0.5, 0.6) is 0 Å². The minimum Gasteiger partial charge on any atom is -0.483 e. The van der Waals surface area contributed by atoms with Crippen LogP contribution in [0.25, 0.3) is 0 Å². The Hall–Kier alpha value is -3.20. The van der Waals surface area contributed by atoms with E-state index in [4.69, 9.17) is 19.8 Å². The molecule has 0 fully saturated rings. The number of H-pyrrole nitrogens is 1.